The van der Waals surface area contributed by atoms with E-state index in [1.807, 2.05) is 18.2 Å². The maximum atomic E-state index is 5.71. The first-order chi connectivity index (χ1) is 8.36. The number of hydrogen-bond acceptors (Lipinski definition) is 1. The molecule has 0 amide bonds. The maximum absolute atomic E-state index is 5.71. The van der Waals surface area contributed by atoms with E-state index in [4.69, 9.17) is 4.74 Å². The average Bonchev–Trinajstić information content (AvgIpc) is 2.39. The zero-order chi connectivity index (χ0) is 12.3. The predicted molar refractivity (Wildman–Crippen MR) is 74.9 cm³/mol. The Hall–Kier alpha value is -1.34. The highest BCUT2D eigenvalue weighted by molar-refractivity contribution is 5.49. The number of rotatable bonds is 8. The van der Waals surface area contributed by atoms with Gasteiger partial charge in [0.2, 0.25) is 0 Å². The van der Waals surface area contributed by atoms with E-state index in [9.17, 15) is 0 Å². The first-order valence-electron chi connectivity index (χ1n) is 6.32. The molecule has 0 saturated carbocycles. The zero-order valence-corrected chi connectivity index (χ0v) is 10.6. The van der Waals surface area contributed by atoms with Crippen LogP contribution in [0.3, 0.4) is 0 Å². The van der Waals surface area contributed by atoms with Crippen molar-refractivity contribution in [1.82, 2.24) is 0 Å². The second-order valence-electron chi connectivity index (χ2n) is 4.07. The van der Waals surface area contributed by atoms with E-state index in [1.165, 1.54) is 18.4 Å². The van der Waals surface area contributed by atoms with Gasteiger partial charge in [0.05, 0.1) is 12.7 Å². The van der Waals surface area contributed by atoms with Crippen molar-refractivity contribution in [2.75, 3.05) is 6.61 Å². The van der Waals surface area contributed by atoms with Gasteiger partial charge in [0.1, 0.15) is 0 Å². The molecule has 0 saturated heterocycles. The summed E-state index contributed by atoms with van der Waals surface area (Å²) in [5.74, 6) is 0. The fourth-order valence-corrected chi connectivity index (χ4v) is 1.61. The minimum Gasteiger partial charge on any atom is -0.370 e. The molecular formula is C16H22O. The van der Waals surface area contributed by atoms with Crippen molar-refractivity contribution >= 4 is 6.08 Å². The minimum atomic E-state index is 0.202. The van der Waals surface area contributed by atoms with Crippen LogP contribution in [0.25, 0.3) is 6.08 Å². The van der Waals surface area contributed by atoms with Gasteiger partial charge in [-0.15, -0.1) is 6.58 Å². The highest BCUT2D eigenvalue weighted by Crippen LogP contribution is 2.09. The Morgan fingerprint density at radius 1 is 1.29 bits per heavy atom. The molecule has 1 aromatic carbocycles. The third kappa shape index (κ3) is 6.08. The smallest absolute Gasteiger partial charge is 0.0763 e. The molecule has 0 heterocycles. The van der Waals surface area contributed by atoms with Gasteiger partial charge in [-0.3, -0.25) is 0 Å². The molecule has 0 aliphatic rings. The second kappa shape index (κ2) is 8.77. The Balaban J connectivity index is 2.51. The van der Waals surface area contributed by atoms with E-state index in [2.05, 4.69) is 37.8 Å². The van der Waals surface area contributed by atoms with E-state index >= 15 is 0 Å². The molecule has 1 aromatic rings. The largest absolute Gasteiger partial charge is 0.370 e. The normalized spacial score (nSPS) is 12.8. The summed E-state index contributed by atoms with van der Waals surface area (Å²) >= 11 is 0. The molecule has 1 atom stereocenters. The maximum Gasteiger partial charge on any atom is 0.0763 e. The predicted octanol–water partition coefficient (Wildman–Crippen LogP) is 4.46. The van der Waals surface area contributed by atoms with Gasteiger partial charge in [-0.05, 0) is 12.0 Å². The summed E-state index contributed by atoms with van der Waals surface area (Å²) in [6.45, 7) is 6.50. The third-order valence-corrected chi connectivity index (χ3v) is 2.57. The van der Waals surface area contributed by atoms with Crippen LogP contribution in [0.4, 0.5) is 0 Å². The lowest BCUT2D eigenvalue weighted by molar-refractivity contribution is 0.102. The summed E-state index contributed by atoms with van der Waals surface area (Å²) in [5, 5.41) is 0. The molecule has 0 bridgehead atoms. The van der Waals surface area contributed by atoms with Crippen molar-refractivity contribution in [3.63, 3.8) is 0 Å². The summed E-state index contributed by atoms with van der Waals surface area (Å²) in [6.07, 6.45) is 9.75. The lowest BCUT2D eigenvalue weighted by Crippen LogP contribution is -2.09. The molecular weight excluding hydrogens is 208 g/mol. The summed E-state index contributed by atoms with van der Waals surface area (Å²) in [7, 11) is 0. The fourth-order valence-electron chi connectivity index (χ4n) is 1.61. The Kier molecular flexibility index (Phi) is 7.08. The molecule has 0 fully saturated rings. The molecule has 1 unspecified atom stereocenters. The number of ether oxygens (including phenoxy) is 1. The van der Waals surface area contributed by atoms with Gasteiger partial charge >= 0.3 is 0 Å². The van der Waals surface area contributed by atoms with Crippen molar-refractivity contribution < 1.29 is 4.74 Å². The first kappa shape index (κ1) is 13.7. The van der Waals surface area contributed by atoms with Crippen molar-refractivity contribution in [2.45, 2.75) is 32.3 Å². The summed E-state index contributed by atoms with van der Waals surface area (Å²) < 4.78 is 5.71. The van der Waals surface area contributed by atoms with E-state index < -0.39 is 0 Å². The van der Waals surface area contributed by atoms with E-state index in [1.54, 1.807) is 6.08 Å². The van der Waals surface area contributed by atoms with Gasteiger partial charge in [-0.2, -0.15) is 0 Å². The Morgan fingerprint density at radius 2 is 2.06 bits per heavy atom. The molecule has 0 aliphatic carbocycles. The summed E-state index contributed by atoms with van der Waals surface area (Å²) in [6, 6.07) is 10.3. The van der Waals surface area contributed by atoms with Gasteiger partial charge in [-0.25, -0.2) is 0 Å². The third-order valence-electron chi connectivity index (χ3n) is 2.57. The summed E-state index contributed by atoms with van der Waals surface area (Å²) in [4.78, 5) is 0. The SMILES string of the molecule is C=CCOC(/C=C/c1ccccc1)CCCC. The van der Waals surface area contributed by atoms with Crippen molar-refractivity contribution in [1.29, 1.82) is 0 Å². The molecule has 0 N–H and O–H groups in total. The summed E-state index contributed by atoms with van der Waals surface area (Å²) in [5.41, 5.74) is 1.22. The highest BCUT2D eigenvalue weighted by Gasteiger charge is 2.02. The second-order valence-corrected chi connectivity index (χ2v) is 4.07. The fraction of sp³-hybridized carbons (Fsp3) is 0.375. The number of benzene rings is 1. The van der Waals surface area contributed by atoms with Crippen molar-refractivity contribution in [3.8, 4) is 0 Å². The van der Waals surface area contributed by atoms with Crippen LogP contribution < -0.4 is 0 Å². The van der Waals surface area contributed by atoms with Crippen LogP contribution in [0.2, 0.25) is 0 Å². The van der Waals surface area contributed by atoms with Gasteiger partial charge in [0.25, 0.3) is 0 Å². The first-order valence-corrected chi connectivity index (χ1v) is 6.32. The van der Waals surface area contributed by atoms with Crippen molar-refractivity contribution in [2.24, 2.45) is 0 Å². The van der Waals surface area contributed by atoms with Crippen LogP contribution in [0.15, 0.2) is 49.1 Å². The van der Waals surface area contributed by atoms with E-state index in [-0.39, 0.29) is 6.10 Å². The Labute approximate surface area is 105 Å². The van der Waals surface area contributed by atoms with E-state index in [0.717, 1.165) is 6.42 Å². The molecule has 1 nitrogen and oxygen atoms in total. The monoisotopic (exact) mass is 230 g/mol. The lowest BCUT2D eigenvalue weighted by Gasteiger charge is -2.12. The van der Waals surface area contributed by atoms with Crippen molar-refractivity contribution in [3.05, 3.63) is 54.6 Å². The minimum absolute atomic E-state index is 0.202. The van der Waals surface area contributed by atoms with Crippen LogP contribution in [0, 0.1) is 0 Å². The molecule has 0 spiro atoms. The topological polar surface area (TPSA) is 9.23 Å². The molecule has 0 radical (unpaired) electrons. The van der Waals surface area contributed by atoms with Crippen LogP contribution >= 0.6 is 0 Å². The molecule has 17 heavy (non-hydrogen) atoms. The molecule has 1 heteroatoms. The van der Waals surface area contributed by atoms with Gasteiger partial charge in [-0.1, -0.05) is 68.3 Å². The molecule has 92 valence electrons. The van der Waals surface area contributed by atoms with Crippen LogP contribution in [-0.2, 0) is 4.74 Å². The quantitative estimate of drug-likeness (QED) is 0.599. The Morgan fingerprint density at radius 3 is 2.71 bits per heavy atom. The average molecular weight is 230 g/mol. The Bertz CT molecular complexity index is 327. The lowest BCUT2D eigenvalue weighted by atomic mass is 10.1. The van der Waals surface area contributed by atoms with Gasteiger partial charge in [0, 0.05) is 0 Å². The zero-order valence-electron chi connectivity index (χ0n) is 10.6. The van der Waals surface area contributed by atoms with E-state index in [0.29, 0.717) is 6.61 Å². The molecule has 0 aromatic heterocycles. The highest BCUT2D eigenvalue weighted by atomic mass is 16.5. The number of unbranched alkanes of at least 4 members (excludes halogenated alkanes) is 1. The van der Waals surface area contributed by atoms with Crippen LogP contribution in [0.5, 0.6) is 0 Å². The van der Waals surface area contributed by atoms with Crippen LogP contribution in [-0.4, -0.2) is 12.7 Å². The van der Waals surface area contributed by atoms with Crippen LogP contribution in [0.1, 0.15) is 31.7 Å². The number of hydrogen-bond donors (Lipinski definition) is 0. The van der Waals surface area contributed by atoms with Gasteiger partial charge < -0.3 is 4.74 Å². The van der Waals surface area contributed by atoms with Gasteiger partial charge in [0.15, 0.2) is 0 Å². The molecule has 1 rings (SSSR count). The standard InChI is InChI=1S/C16H22O/c1-3-5-11-16(17-14-4-2)13-12-15-9-7-6-8-10-15/h4,6-10,12-13,16H,2-3,5,11,14H2,1H3/b13-12+. The molecule has 0 aliphatic heterocycles.